The molecule has 0 spiro atoms. The molecule has 0 saturated carbocycles. The Morgan fingerprint density at radius 1 is 1.59 bits per heavy atom. The van der Waals surface area contributed by atoms with Gasteiger partial charge in [0, 0.05) is 16.4 Å². The highest BCUT2D eigenvalue weighted by atomic mass is 79.9. The zero-order valence-corrected chi connectivity index (χ0v) is 11.2. The van der Waals surface area contributed by atoms with Crippen molar-refractivity contribution in [3.8, 4) is 10.7 Å². The van der Waals surface area contributed by atoms with Crippen molar-refractivity contribution >= 4 is 27.3 Å². The van der Waals surface area contributed by atoms with Crippen molar-refractivity contribution in [1.82, 2.24) is 15.5 Å². The highest BCUT2D eigenvalue weighted by molar-refractivity contribution is 9.10. The number of hydrogen-bond donors (Lipinski definition) is 2. The number of β-amino-alcohol motifs (C(OH)–C–C–N with tert-alkyl or cyclic N) is 1. The molecule has 0 radical (unpaired) electrons. The number of aliphatic hydroxyl groups is 1. The van der Waals surface area contributed by atoms with E-state index >= 15 is 0 Å². The molecule has 2 aromatic heterocycles. The van der Waals surface area contributed by atoms with E-state index in [1.165, 1.54) is 0 Å². The molecule has 0 unspecified atom stereocenters. The van der Waals surface area contributed by atoms with Crippen molar-refractivity contribution in [2.45, 2.75) is 18.6 Å². The van der Waals surface area contributed by atoms with E-state index < -0.39 is 0 Å². The van der Waals surface area contributed by atoms with Gasteiger partial charge in [0.2, 0.25) is 11.7 Å². The first-order chi connectivity index (χ1) is 8.22. The lowest BCUT2D eigenvalue weighted by molar-refractivity contribution is 0.191. The monoisotopic (exact) mass is 315 g/mol. The van der Waals surface area contributed by atoms with E-state index in [1.54, 1.807) is 11.3 Å². The smallest absolute Gasteiger partial charge is 0.244 e. The van der Waals surface area contributed by atoms with E-state index in [0.717, 1.165) is 9.35 Å². The molecule has 2 atom stereocenters. The number of rotatable bonds is 2. The van der Waals surface area contributed by atoms with Gasteiger partial charge in [-0.2, -0.15) is 4.98 Å². The quantitative estimate of drug-likeness (QED) is 0.886. The van der Waals surface area contributed by atoms with Gasteiger partial charge in [0.1, 0.15) is 0 Å². The normalized spacial score (nSPS) is 24.4. The van der Waals surface area contributed by atoms with Gasteiger partial charge in [0.25, 0.3) is 0 Å². The maximum absolute atomic E-state index is 9.43. The number of aliphatic hydroxyl groups excluding tert-OH is 1. The molecule has 5 nitrogen and oxygen atoms in total. The Morgan fingerprint density at radius 3 is 3.12 bits per heavy atom. The number of halogens is 1. The van der Waals surface area contributed by atoms with Gasteiger partial charge in [-0.1, -0.05) is 5.16 Å². The van der Waals surface area contributed by atoms with Crippen LogP contribution in [0.15, 0.2) is 20.4 Å². The van der Waals surface area contributed by atoms with Gasteiger partial charge in [-0.15, -0.1) is 11.3 Å². The first kappa shape index (κ1) is 11.3. The number of hydrogen-bond acceptors (Lipinski definition) is 6. The summed E-state index contributed by atoms with van der Waals surface area (Å²) in [5, 5.41) is 18.5. The molecule has 1 fully saturated rings. The Balaban J connectivity index is 1.83. The fraction of sp³-hybridized carbons (Fsp3) is 0.400. The molecule has 0 aromatic carbocycles. The van der Waals surface area contributed by atoms with Gasteiger partial charge in [0.05, 0.1) is 17.0 Å². The van der Waals surface area contributed by atoms with Gasteiger partial charge >= 0.3 is 0 Å². The van der Waals surface area contributed by atoms with Gasteiger partial charge in [-0.25, -0.2) is 0 Å². The molecule has 2 N–H and O–H groups in total. The summed E-state index contributed by atoms with van der Waals surface area (Å²) < 4.78 is 6.23. The van der Waals surface area contributed by atoms with E-state index in [9.17, 15) is 5.11 Å². The predicted molar refractivity (Wildman–Crippen MR) is 66.7 cm³/mol. The molecular formula is C10H10BrN3O2S. The van der Waals surface area contributed by atoms with Crippen LogP contribution in [0.5, 0.6) is 0 Å². The van der Waals surface area contributed by atoms with Crippen LogP contribution in [0.3, 0.4) is 0 Å². The van der Waals surface area contributed by atoms with Gasteiger partial charge < -0.3 is 14.9 Å². The first-order valence-corrected chi connectivity index (χ1v) is 6.89. The molecule has 0 aliphatic carbocycles. The fourth-order valence-corrected chi connectivity index (χ4v) is 3.16. The summed E-state index contributed by atoms with van der Waals surface area (Å²) >= 11 is 4.95. The second-order valence-electron chi connectivity index (χ2n) is 3.94. The van der Waals surface area contributed by atoms with Gasteiger partial charge in [0.15, 0.2) is 0 Å². The minimum absolute atomic E-state index is 0.0327. The number of thiophene rings is 1. The SMILES string of the molecule is O[C@@H]1CN[C@@H](c2nc(-c3cc(Br)cs3)no2)C1. The summed E-state index contributed by atoms with van der Waals surface area (Å²) in [6, 6.07) is 1.92. The topological polar surface area (TPSA) is 71.2 Å². The second kappa shape index (κ2) is 4.49. The van der Waals surface area contributed by atoms with Crippen LogP contribution in [0.4, 0.5) is 0 Å². The third kappa shape index (κ3) is 2.28. The van der Waals surface area contributed by atoms with Crippen LogP contribution in [0.25, 0.3) is 10.7 Å². The third-order valence-corrected chi connectivity index (χ3v) is 4.32. The van der Waals surface area contributed by atoms with Crippen molar-refractivity contribution in [2.75, 3.05) is 6.54 Å². The van der Waals surface area contributed by atoms with Crippen LogP contribution in [0.2, 0.25) is 0 Å². The van der Waals surface area contributed by atoms with E-state index in [4.69, 9.17) is 4.52 Å². The lowest BCUT2D eigenvalue weighted by atomic mass is 10.2. The van der Waals surface area contributed by atoms with Crippen LogP contribution < -0.4 is 5.32 Å². The molecule has 3 rings (SSSR count). The molecule has 1 aliphatic heterocycles. The summed E-state index contributed by atoms with van der Waals surface area (Å²) in [6.07, 6.45) is 0.293. The molecule has 90 valence electrons. The standard InChI is InChI=1S/C10H10BrN3O2S/c11-5-1-8(17-4-5)9-13-10(16-14-9)7-2-6(15)3-12-7/h1,4,6-7,12,15H,2-3H2/t6-,7+/m0/s1. The average Bonchev–Trinajstić information content (AvgIpc) is 2.96. The number of nitrogens with one attached hydrogen (secondary N) is 1. The summed E-state index contributed by atoms with van der Waals surface area (Å²) in [5.41, 5.74) is 0. The molecule has 1 saturated heterocycles. The van der Waals surface area contributed by atoms with Crippen molar-refractivity contribution in [3.63, 3.8) is 0 Å². The molecule has 3 heterocycles. The molecule has 2 aromatic rings. The van der Waals surface area contributed by atoms with Gasteiger partial charge in [-0.3, -0.25) is 0 Å². The summed E-state index contributed by atoms with van der Waals surface area (Å²) in [5.74, 6) is 1.14. The fourth-order valence-electron chi connectivity index (χ4n) is 1.81. The number of aromatic nitrogens is 2. The Hall–Kier alpha value is -0.760. The van der Waals surface area contributed by atoms with Crippen molar-refractivity contribution < 1.29 is 9.63 Å². The first-order valence-electron chi connectivity index (χ1n) is 5.22. The van der Waals surface area contributed by atoms with E-state index in [-0.39, 0.29) is 12.1 Å². The largest absolute Gasteiger partial charge is 0.392 e. The van der Waals surface area contributed by atoms with Crippen molar-refractivity contribution in [2.24, 2.45) is 0 Å². The van der Waals surface area contributed by atoms with Crippen LogP contribution >= 0.6 is 27.3 Å². The van der Waals surface area contributed by atoms with E-state index in [0.29, 0.717) is 24.7 Å². The Bertz CT molecular complexity index is 527. The second-order valence-corrected chi connectivity index (χ2v) is 5.76. The summed E-state index contributed by atoms with van der Waals surface area (Å²) in [4.78, 5) is 5.31. The van der Waals surface area contributed by atoms with Crippen LogP contribution in [0.1, 0.15) is 18.4 Å². The minimum atomic E-state index is -0.328. The highest BCUT2D eigenvalue weighted by Gasteiger charge is 2.28. The number of nitrogens with zero attached hydrogens (tertiary/aromatic N) is 2. The summed E-state index contributed by atoms with van der Waals surface area (Å²) in [6.45, 7) is 0.576. The Labute approximate surface area is 110 Å². The zero-order valence-electron chi connectivity index (χ0n) is 8.76. The Kier molecular flexibility index (Phi) is 2.99. The maximum atomic E-state index is 9.43. The van der Waals surface area contributed by atoms with Gasteiger partial charge in [-0.05, 0) is 28.4 Å². The molecule has 17 heavy (non-hydrogen) atoms. The molecule has 0 amide bonds. The summed E-state index contributed by atoms with van der Waals surface area (Å²) in [7, 11) is 0. The highest BCUT2D eigenvalue weighted by Crippen LogP contribution is 2.29. The molecule has 1 aliphatic rings. The van der Waals surface area contributed by atoms with Crippen LogP contribution in [-0.2, 0) is 0 Å². The van der Waals surface area contributed by atoms with E-state index in [1.807, 2.05) is 11.4 Å². The minimum Gasteiger partial charge on any atom is -0.392 e. The van der Waals surface area contributed by atoms with Crippen molar-refractivity contribution in [1.29, 1.82) is 0 Å². The van der Waals surface area contributed by atoms with Crippen LogP contribution in [-0.4, -0.2) is 27.9 Å². The zero-order chi connectivity index (χ0) is 11.8. The molecular weight excluding hydrogens is 306 g/mol. The lowest BCUT2D eigenvalue weighted by Crippen LogP contribution is -2.15. The lowest BCUT2D eigenvalue weighted by Gasteiger charge is -2.01. The van der Waals surface area contributed by atoms with E-state index in [2.05, 4.69) is 31.4 Å². The molecule has 7 heteroatoms. The predicted octanol–water partition coefficient (Wildman–Crippen LogP) is 1.96. The average molecular weight is 316 g/mol. The van der Waals surface area contributed by atoms with Crippen LogP contribution in [0, 0.1) is 0 Å². The Morgan fingerprint density at radius 2 is 2.47 bits per heavy atom. The third-order valence-electron chi connectivity index (χ3n) is 2.64. The van der Waals surface area contributed by atoms with Crippen molar-refractivity contribution in [3.05, 3.63) is 21.8 Å². The molecule has 0 bridgehead atoms. The maximum Gasteiger partial charge on any atom is 0.244 e.